The minimum atomic E-state index is -0.616. The smallest absolute Gasteiger partial charge is 0.211 e. The van der Waals surface area contributed by atoms with Crippen molar-refractivity contribution in [2.75, 3.05) is 16.8 Å². The van der Waals surface area contributed by atoms with E-state index >= 15 is 0 Å². The van der Waals surface area contributed by atoms with E-state index in [1.54, 1.807) is 6.33 Å². The second-order valence-corrected chi connectivity index (χ2v) is 5.55. The van der Waals surface area contributed by atoms with Crippen molar-refractivity contribution in [2.24, 2.45) is 4.99 Å². The molecule has 1 atom stereocenters. The number of rotatable bonds is 1. The number of nitrogen functional groups attached to an aromatic ring is 2. The molecule has 1 unspecified atom stereocenters. The average molecular weight is 344 g/mol. The lowest BCUT2D eigenvalue weighted by Crippen LogP contribution is -2.32. The first kappa shape index (κ1) is 15.2. The van der Waals surface area contributed by atoms with Crippen molar-refractivity contribution >= 4 is 34.3 Å². The second kappa shape index (κ2) is 5.65. The summed E-state index contributed by atoms with van der Waals surface area (Å²) in [6.45, 7) is 0. The van der Waals surface area contributed by atoms with Gasteiger partial charge in [-0.25, -0.2) is 15.0 Å². The summed E-state index contributed by atoms with van der Waals surface area (Å²) in [7, 11) is 0. The van der Waals surface area contributed by atoms with Crippen molar-refractivity contribution in [3.63, 3.8) is 0 Å². The van der Waals surface area contributed by atoms with Crippen molar-refractivity contribution in [2.45, 2.75) is 6.04 Å². The van der Waals surface area contributed by atoms with Gasteiger partial charge in [-0.05, 0) is 6.07 Å². The largest absolute Gasteiger partial charge is 0.397 e. The van der Waals surface area contributed by atoms with Crippen LogP contribution in [0.5, 0.6) is 0 Å². The molecule has 26 heavy (non-hydrogen) atoms. The first-order chi connectivity index (χ1) is 12.6. The Morgan fingerprint density at radius 2 is 2.08 bits per heavy atom. The van der Waals surface area contributed by atoms with Crippen LogP contribution in [0.2, 0.25) is 0 Å². The number of nitrogens with one attached hydrogen (secondary N) is 3. The Balaban J connectivity index is 2.01. The molecule has 10 heteroatoms. The number of para-hydroxylation sites is 1. The summed E-state index contributed by atoms with van der Waals surface area (Å²) in [6, 6.07) is 6.96. The van der Waals surface area contributed by atoms with Crippen molar-refractivity contribution in [3.8, 4) is 12.3 Å². The fraction of sp³-hybridized carbons (Fsp3) is 0.0625. The van der Waals surface area contributed by atoms with Gasteiger partial charge in [-0.15, -0.1) is 0 Å². The van der Waals surface area contributed by atoms with Gasteiger partial charge in [-0.3, -0.25) is 5.32 Å². The van der Waals surface area contributed by atoms with E-state index in [-0.39, 0.29) is 23.0 Å². The molecule has 0 spiro atoms. The lowest BCUT2D eigenvalue weighted by Gasteiger charge is -2.26. The van der Waals surface area contributed by atoms with Gasteiger partial charge in [-0.2, -0.15) is 10.5 Å². The third-order valence-electron chi connectivity index (χ3n) is 4.13. The molecule has 10 nitrogen and oxygen atoms in total. The van der Waals surface area contributed by atoms with Gasteiger partial charge >= 0.3 is 0 Å². The predicted octanol–water partition coefficient (Wildman–Crippen LogP) is 0.936. The van der Waals surface area contributed by atoms with Crippen molar-refractivity contribution in [1.82, 2.24) is 20.3 Å². The summed E-state index contributed by atoms with van der Waals surface area (Å²) in [6.07, 6.45) is 3.40. The van der Waals surface area contributed by atoms with Crippen LogP contribution in [0.3, 0.4) is 0 Å². The number of nitrogens with two attached hydrogens (primary N) is 2. The van der Waals surface area contributed by atoms with Crippen LogP contribution in [0.25, 0.3) is 11.0 Å². The summed E-state index contributed by atoms with van der Waals surface area (Å²) in [5, 5.41) is 23.6. The van der Waals surface area contributed by atoms with Crippen LogP contribution >= 0.6 is 0 Å². The van der Waals surface area contributed by atoms with Crippen LogP contribution in [-0.4, -0.2) is 20.9 Å². The number of hydrogen-bond acceptors (Lipinski definition) is 9. The fourth-order valence-corrected chi connectivity index (χ4v) is 3.01. The number of fused-ring (bicyclic) bond motifs is 2. The summed E-state index contributed by atoms with van der Waals surface area (Å²) >= 11 is 0. The molecule has 1 aromatic carbocycles. The molecule has 0 saturated heterocycles. The van der Waals surface area contributed by atoms with Crippen molar-refractivity contribution in [3.05, 3.63) is 41.2 Å². The minimum absolute atomic E-state index is 0.00573. The topological polar surface area (TPSA) is 178 Å². The van der Waals surface area contributed by atoms with Crippen molar-refractivity contribution < 1.29 is 0 Å². The van der Waals surface area contributed by atoms with Gasteiger partial charge in [0.15, 0.2) is 6.19 Å². The molecule has 2 aromatic heterocycles. The first-order valence-electron chi connectivity index (χ1n) is 7.55. The average Bonchev–Trinajstić information content (AvgIpc) is 3.10. The van der Waals surface area contributed by atoms with Crippen LogP contribution in [-0.2, 0) is 0 Å². The molecular weight excluding hydrogens is 332 g/mol. The number of benzene rings is 1. The van der Waals surface area contributed by atoms with Crippen LogP contribution in [0.15, 0.2) is 29.5 Å². The Morgan fingerprint density at radius 3 is 2.85 bits per heavy atom. The van der Waals surface area contributed by atoms with Gasteiger partial charge in [0.2, 0.25) is 5.96 Å². The number of aliphatic imine (C=N–C) groups is 1. The number of aromatic nitrogens is 3. The molecular formula is C16H12N10. The molecule has 1 aliphatic rings. The van der Waals surface area contributed by atoms with Crippen LogP contribution in [0.4, 0.5) is 17.3 Å². The second-order valence-electron chi connectivity index (χ2n) is 5.55. The standard InChI is InChI=1S/C16H12N10/c17-4-8-11(19)10-13(7-2-1-3-9-12(7)23-6-22-9)24-16(21-5-18)26-15(10)25-14(8)20/h1-3,6,13H,(H,22,23)(H6,19,20,21,24,25,26). The van der Waals surface area contributed by atoms with Gasteiger partial charge in [-0.1, -0.05) is 12.1 Å². The Kier molecular flexibility index (Phi) is 3.31. The van der Waals surface area contributed by atoms with Gasteiger partial charge in [0.1, 0.15) is 29.3 Å². The maximum atomic E-state index is 9.35. The van der Waals surface area contributed by atoms with E-state index < -0.39 is 6.04 Å². The highest BCUT2D eigenvalue weighted by atomic mass is 15.2. The molecule has 3 aromatic rings. The van der Waals surface area contributed by atoms with Gasteiger partial charge in [0.05, 0.1) is 23.0 Å². The van der Waals surface area contributed by atoms with E-state index in [1.807, 2.05) is 30.5 Å². The number of nitriles is 2. The van der Waals surface area contributed by atoms with Gasteiger partial charge < -0.3 is 21.8 Å². The van der Waals surface area contributed by atoms with Gasteiger partial charge in [0.25, 0.3) is 0 Å². The van der Waals surface area contributed by atoms with E-state index in [4.69, 9.17) is 16.7 Å². The fourth-order valence-electron chi connectivity index (χ4n) is 3.01. The number of nitrogens with zero attached hydrogens (tertiary/aromatic N) is 5. The van der Waals surface area contributed by atoms with Crippen LogP contribution in [0, 0.1) is 22.8 Å². The van der Waals surface area contributed by atoms with E-state index in [9.17, 15) is 5.26 Å². The lowest BCUT2D eigenvalue weighted by atomic mass is 9.94. The lowest BCUT2D eigenvalue weighted by molar-refractivity contribution is 0.852. The molecule has 0 radical (unpaired) electrons. The summed E-state index contributed by atoms with van der Waals surface area (Å²) < 4.78 is 0. The number of imidazole rings is 1. The summed E-state index contributed by atoms with van der Waals surface area (Å²) in [4.78, 5) is 16.1. The number of anilines is 3. The summed E-state index contributed by atoms with van der Waals surface area (Å²) in [5.74, 6) is 0.545. The van der Waals surface area contributed by atoms with Crippen LogP contribution < -0.4 is 22.1 Å². The van der Waals surface area contributed by atoms with E-state index in [2.05, 4.69) is 30.6 Å². The third kappa shape index (κ3) is 2.14. The Bertz CT molecular complexity index is 1140. The molecule has 126 valence electrons. The number of hydrogen-bond donors (Lipinski definition) is 5. The number of pyridine rings is 1. The quantitative estimate of drug-likeness (QED) is 0.319. The monoisotopic (exact) mass is 344 g/mol. The van der Waals surface area contributed by atoms with Gasteiger partial charge in [0, 0.05) is 11.1 Å². The zero-order valence-corrected chi connectivity index (χ0v) is 13.3. The Hall–Kier alpha value is -4.31. The molecule has 7 N–H and O–H groups in total. The Morgan fingerprint density at radius 1 is 1.23 bits per heavy atom. The van der Waals surface area contributed by atoms with Crippen molar-refractivity contribution in [1.29, 1.82) is 10.5 Å². The molecule has 4 rings (SSSR count). The highest BCUT2D eigenvalue weighted by Crippen LogP contribution is 2.41. The SMILES string of the molecule is N#CNC1=NC(c2cccc3[nH]cnc23)c2c(nc(N)c(C#N)c2N)N1. The van der Waals surface area contributed by atoms with E-state index in [1.165, 1.54) is 0 Å². The molecule has 0 aliphatic carbocycles. The van der Waals surface area contributed by atoms with Crippen LogP contribution in [0.1, 0.15) is 22.7 Å². The molecule has 0 saturated carbocycles. The minimum Gasteiger partial charge on any atom is -0.397 e. The molecule has 0 bridgehead atoms. The highest BCUT2D eigenvalue weighted by molar-refractivity contribution is 5.99. The zero-order valence-electron chi connectivity index (χ0n) is 13.3. The maximum Gasteiger partial charge on any atom is 0.211 e. The number of guanidine groups is 1. The normalized spacial score (nSPS) is 15.3. The molecule has 0 fully saturated rings. The Labute approximate surface area is 147 Å². The molecule has 0 amide bonds. The molecule has 3 heterocycles. The first-order valence-corrected chi connectivity index (χ1v) is 7.55. The maximum absolute atomic E-state index is 9.35. The summed E-state index contributed by atoms with van der Waals surface area (Å²) in [5.41, 5.74) is 15.1. The molecule has 1 aliphatic heterocycles. The van der Waals surface area contributed by atoms with E-state index in [0.29, 0.717) is 16.9 Å². The highest BCUT2D eigenvalue weighted by Gasteiger charge is 2.30. The number of H-pyrrole nitrogens is 1. The zero-order chi connectivity index (χ0) is 18.3. The number of aromatic amines is 1. The predicted molar refractivity (Wildman–Crippen MR) is 95.5 cm³/mol. The third-order valence-corrected chi connectivity index (χ3v) is 4.13. The van der Waals surface area contributed by atoms with E-state index in [0.717, 1.165) is 11.1 Å².